The fourth-order valence-corrected chi connectivity index (χ4v) is 2.52. The van der Waals surface area contributed by atoms with Crippen LogP contribution in [0.1, 0.15) is 10.4 Å². The molecule has 3 N–H and O–H groups in total. The van der Waals surface area contributed by atoms with Crippen molar-refractivity contribution in [3.8, 4) is 22.3 Å². The Morgan fingerprint density at radius 2 is 1.74 bits per heavy atom. The molecule has 0 saturated heterocycles. The number of anilines is 1. The molecule has 3 rings (SSSR count). The summed E-state index contributed by atoms with van der Waals surface area (Å²) in [5, 5.41) is 9.58. The van der Waals surface area contributed by atoms with Crippen LogP contribution in [0.4, 0.5) is 5.82 Å². The van der Waals surface area contributed by atoms with Crippen LogP contribution >= 0.6 is 11.6 Å². The summed E-state index contributed by atoms with van der Waals surface area (Å²) in [4.78, 5) is 15.2. The lowest BCUT2D eigenvalue weighted by Crippen LogP contribution is -1.96. The van der Waals surface area contributed by atoms with Gasteiger partial charge in [-0.3, -0.25) is 0 Å². The molecule has 1 aromatic heterocycles. The molecule has 0 amide bonds. The van der Waals surface area contributed by atoms with Crippen molar-refractivity contribution >= 4 is 23.4 Å². The molecule has 4 nitrogen and oxygen atoms in total. The SMILES string of the molecule is Nc1ncc(-c2ccc(C(=O)O)cc2)cc1-c1cccc(Cl)c1. The number of aromatic carboxylic acids is 1. The van der Waals surface area contributed by atoms with Gasteiger partial charge in [0.1, 0.15) is 5.82 Å². The molecule has 0 bridgehead atoms. The van der Waals surface area contributed by atoms with Crippen molar-refractivity contribution in [2.75, 3.05) is 5.73 Å². The van der Waals surface area contributed by atoms with Crippen molar-refractivity contribution in [1.29, 1.82) is 0 Å². The monoisotopic (exact) mass is 324 g/mol. The number of halogens is 1. The molecule has 0 fully saturated rings. The summed E-state index contributed by atoms with van der Waals surface area (Å²) in [5.74, 6) is -0.537. The molecule has 114 valence electrons. The maximum atomic E-state index is 10.9. The number of rotatable bonds is 3. The summed E-state index contributed by atoms with van der Waals surface area (Å²) in [7, 11) is 0. The maximum absolute atomic E-state index is 10.9. The number of pyridine rings is 1. The van der Waals surface area contributed by atoms with Crippen LogP contribution in [0.3, 0.4) is 0 Å². The van der Waals surface area contributed by atoms with E-state index >= 15 is 0 Å². The van der Waals surface area contributed by atoms with Crippen LogP contribution in [0.5, 0.6) is 0 Å². The quantitative estimate of drug-likeness (QED) is 0.751. The van der Waals surface area contributed by atoms with E-state index in [2.05, 4.69) is 4.98 Å². The molecule has 5 heteroatoms. The van der Waals surface area contributed by atoms with E-state index in [4.69, 9.17) is 22.4 Å². The first kappa shape index (κ1) is 15.1. The second-order valence-electron chi connectivity index (χ2n) is 5.05. The van der Waals surface area contributed by atoms with Gasteiger partial charge in [0.2, 0.25) is 0 Å². The molecule has 3 aromatic rings. The summed E-state index contributed by atoms with van der Waals surface area (Å²) >= 11 is 6.03. The average Bonchev–Trinajstić information content (AvgIpc) is 2.55. The van der Waals surface area contributed by atoms with Gasteiger partial charge in [0.15, 0.2) is 0 Å². The highest BCUT2D eigenvalue weighted by atomic mass is 35.5. The molecule has 0 saturated carbocycles. The van der Waals surface area contributed by atoms with Gasteiger partial charge in [0, 0.05) is 22.3 Å². The van der Waals surface area contributed by atoms with Crippen LogP contribution in [0.25, 0.3) is 22.3 Å². The standard InChI is InChI=1S/C18H13ClN2O2/c19-15-3-1-2-13(8-15)16-9-14(10-21-17(16)20)11-4-6-12(7-5-11)18(22)23/h1-10H,(H2,20,21)(H,22,23). The van der Waals surface area contributed by atoms with E-state index in [0.29, 0.717) is 10.8 Å². The van der Waals surface area contributed by atoms with Gasteiger partial charge in [0.05, 0.1) is 5.56 Å². The number of nitrogens with zero attached hydrogens (tertiary/aromatic N) is 1. The molecule has 0 unspecified atom stereocenters. The Morgan fingerprint density at radius 3 is 2.39 bits per heavy atom. The van der Waals surface area contributed by atoms with Crippen molar-refractivity contribution < 1.29 is 9.90 Å². The van der Waals surface area contributed by atoms with Crippen LogP contribution in [0, 0.1) is 0 Å². The zero-order chi connectivity index (χ0) is 16.4. The minimum Gasteiger partial charge on any atom is -0.478 e. The minimum atomic E-state index is -0.952. The zero-order valence-electron chi connectivity index (χ0n) is 12.0. The van der Waals surface area contributed by atoms with E-state index in [9.17, 15) is 4.79 Å². The molecule has 0 aliphatic heterocycles. The van der Waals surface area contributed by atoms with Crippen LogP contribution in [-0.4, -0.2) is 16.1 Å². The predicted molar refractivity (Wildman–Crippen MR) is 91.5 cm³/mol. The highest BCUT2D eigenvalue weighted by molar-refractivity contribution is 6.30. The zero-order valence-corrected chi connectivity index (χ0v) is 12.8. The van der Waals surface area contributed by atoms with Crippen molar-refractivity contribution in [2.24, 2.45) is 0 Å². The van der Waals surface area contributed by atoms with E-state index in [0.717, 1.165) is 22.3 Å². The molecule has 1 heterocycles. The number of benzene rings is 2. The van der Waals surface area contributed by atoms with Crippen LogP contribution in [0.15, 0.2) is 60.8 Å². The van der Waals surface area contributed by atoms with E-state index in [1.807, 2.05) is 24.3 Å². The Hall–Kier alpha value is -2.85. The summed E-state index contributed by atoms with van der Waals surface area (Å²) in [6, 6.07) is 15.9. The number of hydrogen-bond acceptors (Lipinski definition) is 3. The molecule has 0 aliphatic carbocycles. The molecule has 0 spiro atoms. The van der Waals surface area contributed by atoms with Gasteiger partial charge in [-0.2, -0.15) is 0 Å². The number of aromatic nitrogens is 1. The molecule has 2 aromatic carbocycles. The predicted octanol–water partition coefficient (Wildman–Crippen LogP) is 4.35. The largest absolute Gasteiger partial charge is 0.478 e. The van der Waals surface area contributed by atoms with Crippen LogP contribution in [0.2, 0.25) is 5.02 Å². The Balaban J connectivity index is 2.05. The number of carboxylic acid groups (broad SMARTS) is 1. The number of hydrogen-bond donors (Lipinski definition) is 2. The first-order chi connectivity index (χ1) is 11.0. The molecule has 0 radical (unpaired) electrons. The fourth-order valence-electron chi connectivity index (χ4n) is 2.33. The first-order valence-electron chi connectivity index (χ1n) is 6.90. The van der Waals surface area contributed by atoms with Gasteiger partial charge in [0.25, 0.3) is 0 Å². The van der Waals surface area contributed by atoms with E-state index in [1.54, 1.807) is 36.5 Å². The van der Waals surface area contributed by atoms with Gasteiger partial charge in [-0.1, -0.05) is 35.9 Å². The third-order valence-corrected chi connectivity index (χ3v) is 3.75. The van der Waals surface area contributed by atoms with Gasteiger partial charge in [-0.05, 0) is 41.5 Å². The summed E-state index contributed by atoms with van der Waals surface area (Å²) in [5.41, 5.74) is 9.61. The van der Waals surface area contributed by atoms with Crippen molar-refractivity contribution in [3.63, 3.8) is 0 Å². The lowest BCUT2D eigenvalue weighted by atomic mass is 10.0. The normalized spacial score (nSPS) is 10.5. The molecule has 23 heavy (non-hydrogen) atoms. The van der Waals surface area contributed by atoms with Gasteiger partial charge in [-0.15, -0.1) is 0 Å². The van der Waals surface area contributed by atoms with E-state index < -0.39 is 5.97 Å². The average molecular weight is 325 g/mol. The Morgan fingerprint density at radius 1 is 1.00 bits per heavy atom. The van der Waals surface area contributed by atoms with Crippen molar-refractivity contribution in [3.05, 3.63) is 71.4 Å². The van der Waals surface area contributed by atoms with Gasteiger partial charge in [-0.25, -0.2) is 9.78 Å². The number of carboxylic acids is 1. The number of nitrogens with two attached hydrogens (primary N) is 1. The second kappa shape index (κ2) is 6.10. The first-order valence-corrected chi connectivity index (χ1v) is 7.27. The highest BCUT2D eigenvalue weighted by Gasteiger charge is 2.09. The van der Waals surface area contributed by atoms with E-state index in [1.165, 1.54) is 0 Å². The van der Waals surface area contributed by atoms with Crippen LogP contribution < -0.4 is 5.73 Å². The smallest absolute Gasteiger partial charge is 0.335 e. The molecular formula is C18H13ClN2O2. The molecular weight excluding hydrogens is 312 g/mol. The Labute approximate surface area is 138 Å². The number of nitrogen functional groups attached to an aromatic ring is 1. The Kier molecular flexibility index (Phi) is 4.00. The summed E-state index contributed by atoms with van der Waals surface area (Å²) in [6.45, 7) is 0. The summed E-state index contributed by atoms with van der Waals surface area (Å²) in [6.07, 6.45) is 1.67. The second-order valence-corrected chi connectivity index (χ2v) is 5.49. The molecule has 0 aliphatic rings. The van der Waals surface area contributed by atoms with Crippen LogP contribution in [-0.2, 0) is 0 Å². The Bertz CT molecular complexity index is 876. The fraction of sp³-hybridized carbons (Fsp3) is 0. The minimum absolute atomic E-state index is 0.243. The van der Waals surface area contributed by atoms with Crippen molar-refractivity contribution in [1.82, 2.24) is 4.98 Å². The number of carbonyl (C=O) groups is 1. The maximum Gasteiger partial charge on any atom is 0.335 e. The highest BCUT2D eigenvalue weighted by Crippen LogP contribution is 2.30. The lowest BCUT2D eigenvalue weighted by molar-refractivity contribution is 0.0697. The summed E-state index contributed by atoms with van der Waals surface area (Å²) < 4.78 is 0. The van der Waals surface area contributed by atoms with E-state index in [-0.39, 0.29) is 5.56 Å². The molecule has 0 atom stereocenters. The topological polar surface area (TPSA) is 76.2 Å². The van der Waals surface area contributed by atoms with Gasteiger partial charge >= 0.3 is 5.97 Å². The van der Waals surface area contributed by atoms with Gasteiger partial charge < -0.3 is 10.8 Å². The lowest BCUT2D eigenvalue weighted by Gasteiger charge is -2.09. The van der Waals surface area contributed by atoms with Crippen molar-refractivity contribution in [2.45, 2.75) is 0 Å². The third-order valence-electron chi connectivity index (χ3n) is 3.52. The third kappa shape index (κ3) is 3.17.